The summed E-state index contributed by atoms with van der Waals surface area (Å²) >= 11 is 0. The molecule has 8 nitrogen and oxygen atoms in total. The number of carbonyl (C=O) groups is 1. The number of fused-ring (bicyclic) bond motifs is 1. The molecule has 2 amide bonds. The summed E-state index contributed by atoms with van der Waals surface area (Å²) in [6, 6.07) is 14.4. The molecule has 3 aromatic rings. The topological polar surface area (TPSA) is 107 Å². The van der Waals surface area contributed by atoms with Crippen LogP contribution in [0.3, 0.4) is 0 Å². The predicted molar refractivity (Wildman–Crippen MR) is 129 cm³/mol. The van der Waals surface area contributed by atoms with Crippen molar-refractivity contribution >= 4 is 34.3 Å². The highest BCUT2D eigenvalue weighted by Crippen LogP contribution is 2.29. The van der Waals surface area contributed by atoms with Crippen LogP contribution in [0.25, 0.3) is 10.9 Å². The van der Waals surface area contributed by atoms with E-state index in [1.807, 2.05) is 44.2 Å². The zero-order valence-corrected chi connectivity index (χ0v) is 19.1. The van der Waals surface area contributed by atoms with E-state index in [0.29, 0.717) is 24.5 Å². The zero-order chi connectivity index (χ0) is 24.3. The van der Waals surface area contributed by atoms with Crippen LogP contribution in [0.15, 0.2) is 65.8 Å². The van der Waals surface area contributed by atoms with Crippen LogP contribution in [-0.4, -0.2) is 52.0 Å². The number of hydrogen-bond acceptors (Lipinski definition) is 4. The number of nitrogens with one attached hydrogen (secondary N) is 1. The summed E-state index contributed by atoms with van der Waals surface area (Å²) < 4.78 is 13.3. The lowest BCUT2D eigenvalue weighted by atomic mass is 9.97. The summed E-state index contributed by atoms with van der Waals surface area (Å²) in [5.74, 6) is -0.209. The molecular weight excluding hydrogens is 433 g/mol. The predicted octanol–water partition coefficient (Wildman–Crippen LogP) is 4.19. The molecular formula is C25H27FN7O+. The number of carbonyl (C=O) groups excluding carboxylic acids is 1. The van der Waals surface area contributed by atoms with Gasteiger partial charge in [-0.05, 0) is 42.5 Å². The molecule has 2 unspecified atom stereocenters. The smallest absolute Gasteiger partial charge is 0.322 e. The number of quaternary nitrogens is 1. The van der Waals surface area contributed by atoms with E-state index in [-0.39, 0.29) is 35.0 Å². The molecule has 9 heteroatoms. The van der Waals surface area contributed by atoms with E-state index in [1.165, 1.54) is 18.2 Å². The lowest BCUT2D eigenvalue weighted by molar-refractivity contribution is -0.814. The van der Waals surface area contributed by atoms with Crippen LogP contribution in [0.5, 0.6) is 0 Å². The molecule has 34 heavy (non-hydrogen) atoms. The summed E-state index contributed by atoms with van der Waals surface area (Å²) in [6.07, 6.45) is 4.11. The molecule has 4 rings (SSSR count). The maximum atomic E-state index is 13.5. The monoisotopic (exact) mass is 460 g/mol. The number of anilines is 1. The molecule has 0 aliphatic carbocycles. The summed E-state index contributed by atoms with van der Waals surface area (Å²) in [6.45, 7) is 4.88. The van der Waals surface area contributed by atoms with Gasteiger partial charge < -0.3 is 16.0 Å². The van der Waals surface area contributed by atoms with E-state index in [9.17, 15) is 14.4 Å². The Morgan fingerprint density at radius 2 is 2.09 bits per heavy atom. The van der Waals surface area contributed by atoms with Crippen molar-refractivity contribution in [2.45, 2.75) is 19.9 Å². The van der Waals surface area contributed by atoms with Gasteiger partial charge in [-0.15, -0.1) is 5.26 Å². The molecule has 1 aromatic heterocycles. The fourth-order valence-corrected chi connectivity index (χ4v) is 4.43. The van der Waals surface area contributed by atoms with Gasteiger partial charge in [-0.1, -0.05) is 26.0 Å². The van der Waals surface area contributed by atoms with Crippen molar-refractivity contribution in [1.29, 1.82) is 5.26 Å². The fourth-order valence-electron chi connectivity index (χ4n) is 4.43. The number of benzene rings is 2. The van der Waals surface area contributed by atoms with Crippen molar-refractivity contribution < 1.29 is 13.7 Å². The second kappa shape index (κ2) is 9.45. The van der Waals surface area contributed by atoms with E-state index in [4.69, 9.17) is 5.73 Å². The Morgan fingerprint density at radius 1 is 1.29 bits per heavy atom. The Balaban J connectivity index is 1.62. The number of guanidine groups is 1. The normalized spacial score (nSPS) is 20.9. The van der Waals surface area contributed by atoms with Gasteiger partial charge >= 0.3 is 18.2 Å². The number of nitriles is 1. The number of piperazine rings is 1. The van der Waals surface area contributed by atoms with Crippen LogP contribution in [0, 0.1) is 23.2 Å². The fraction of sp³-hybridized carbons (Fsp3) is 0.280. The van der Waals surface area contributed by atoms with Crippen molar-refractivity contribution in [3.05, 3.63) is 66.6 Å². The molecule has 0 radical (unpaired) electrons. The number of hydrogen-bond donors (Lipinski definition) is 2. The van der Waals surface area contributed by atoms with Crippen LogP contribution in [0.2, 0.25) is 0 Å². The van der Waals surface area contributed by atoms with E-state index >= 15 is 0 Å². The van der Waals surface area contributed by atoms with Crippen LogP contribution in [0.1, 0.15) is 13.8 Å². The lowest BCUT2D eigenvalue weighted by Gasteiger charge is -2.44. The second-order valence-corrected chi connectivity index (χ2v) is 8.71. The highest BCUT2D eigenvalue weighted by Gasteiger charge is 2.49. The van der Waals surface area contributed by atoms with Crippen LogP contribution >= 0.6 is 0 Å². The summed E-state index contributed by atoms with van der Waals surface area (Å²) in [7, 11) is 0. The van der Waals surface area contributed by atoms with Crippen LogP contribution < -0.4 is 11.1 Å². The third-order valence-electron chi connectivity index (χ3n) is 6.27. The van der Waals surface area contributed by atoms with Gasteiger partial charge in [0.1, 0.15) is 18.4 Å². The summed E-state index contributed by atoms with van der Waals surface area (Å²) in [4.78, 5) is 23.6. The van der Waals surface area contributed by atoms with Gasteiger partial charge in [0, 0.05) is 23.2 Å². The number of nitrogens with two attached hydrogens (primary N) is 1. The van der Waals surface area contributed by atoms with Crippen molar-refractivity contribution in [2.75, 3.05) is 25.0 Å². The number of aliphatic imine (C=N–C) groups is 1. The summed E-state index contributed by atoms with van der Waals surface area (Å²) in [5, 5.41) is 13.9. The first-order chi connectivity index (χ1) is 16.3. The minimum absolute atomic E-state index is 0.0346. The average molecular weight is 461 g/mol. The van der Waals surface area contributed by atoms with E-state index in [1.54, 1.807) is 17.2 Å². The van der Waals surface area contributed by atoms with Crippen molar-refractivity contribution in [2.24, 2.45) is 16.6 Å². The number of aromatic nitrogens is 1. The molecule has 2 aromatic carbocycles. The number of rotatable bonds is 3. The Labute approximate surface area is 197 Å². The van der Waals surface area contributed by atoms with Gasteiger partial charge in [0.15, 0.2) is 0 Å². The molecule has 0 bridgehead atoms. The molecule has 174 valence electrons. The molecule has 2 heterocycles. The maximum Gasteiger partial charge on any atom is 0.322 e. The minimum atomic E-state index is -0.427. The molecule has 3 N–H and O–H groups in total. The van der Waals surface area contributed by atoms with E-state index in [0.717, 1.165) is 10.9 Å². The van der Waals surface area contributed by atoms with Crippen molar-refractivity contribution in [3.63, 3.8) is 0 Å². The van der Waals surface area contributed by atoms with Gasteiger partial charge in [0.25, 0.3) is 0 Å². The van der Waals surface area contributed by atoms with E-state index < -0.39 is 5.82 Å². The first-order valence-corrected chi connectivity index (χ1v) is 11.1. The van der Waals surface area contributed by atoms with Crippen LogP contribution in [-0.2, 0) is 0 Å². The van der Waals surface area contributed by atoms with E-state index in [2.05, 4.69) is 21.5 Å². The summed E-state index contributed by atoms with van der Waals surface area (Å²) in [5.41, 5.74) is 8.34. The molecule has 1 aliphatic heterocycles. The maximum absolute atomic E-state index is 13.5. The highest BCUT2D eigenvalue weighted by molar-refractivity contribution is 5.92. The minimum Gasteiger partial charge on any atom is -0.337 e. The number of urea groups is 1. The Kier molecular flexibility index (Phi) is 6.43. The van der Waals surface area contributed by atoms with Crippen molar-refractivity contribution in [3.8, 4) is 6.19 Å². The zero-order valence-electron chi connectivity index (χ0n) is 19.1. The second-order valence-electron chi connectivity index (χ2n) is 8.71. The largest absolute Gasteiger partial charge is 0.337 e. The molecule has 2 atom stereocenters. The van der Waals surface area contributed by atoms with Gasteiger partial charge in [0.2, 0.25) is 0 Å². The lowest BCUT2D eigenvalue weighted by Crippen LogP contribution is -2.69. The third-order valence-corrected chi connectivity index (χ3v) is 6.27. The molecule has 0 spiro atoms. The molecule has 0 saturated carbocycles. The van der Waals surface area contributed by atoms with Gasteiger partial charge in [-0.25, -0.2) is 9.18 Å². The first kappa shape index (κ1) is 23.1. The van der Waals surface area contributed by atoms with Gasteiger partial charge in [-0.2, -0.15) is 9.48 Å². The first-order valence-electron chi connectivity index (χ1n) is 11.1. The number of amides is 2. The quantitative estimate of drug-likeness (QED) is 0.264. The number of pyridine rings is 1. The van der Waals surface area contributed by atoms with Crippen LogP contribution in [0.4, 0.5) is 20.6 Å². The van der Waals surface area contributed by atoms with Crippen molar-refractivity contribution in [1.82, 2.24) is 9.88 Å². The molecule has 1 aliphatic rings. The van der Waals surface area contributed by atoms with Gasteiger partial charge in [-0.3, -0.25) is 4.98 Å². The average Bonchev–Trinajstić information content (AvgIpc) is 2.83. The standard InChI is InChI=1S/C25H26FN7O/c1-17(2)23-15-32(25(34)30-19-7-3-6-18(26)14-19)12-13-33(23,16-27)24(28)31-22-10-4-9-21-20(22)8-5-11-29-21/h3-11,14,17,23H,12-13,15H2,1-2H3,(H2-,28,29,30,31,34)/p+1. The molecule has 1 saturated heterocycles. The Morgan fingerprint density at radius 3 is 2.82 bits per heavy atom. The van der Waals surface area contributed by atoms with Gasteiger partial charge in [0.05, 0.1) is 24.3 Å². The highest BCUT2D eigenvalue weighted by atomic mass is 19.1. The Hall–Kier alpha value is -4.03. The number of halogens is 1. The SMILES string of the molecule is CC(C)C1CN(C(=O)Nc2cccc(F)c2)CC[N+]1(C#N)C(N)=Nc1cccc2ncccc12. The molecule has 1 fully saturated rings. The third kappa shape index (κ3) is 4.40. The number of nitrogens with zero attached hydrogens (tertiary/aromatic N) is 5. The Bertz CT molecular complexity index is 1280.